The molecule has 24 heteroatoms. The summed E-state index contributed by atoms with van der Waals surface area (Å²) in [6.07, 6.45) is 0.443. The molecule has 2 aliphatic rings. The number of nitro groups is 2. The highest BCUT2D eigenvalue weighted by molar-refractivity contribution is 8.76. The van der Waals surface area contributed by atoms with Crippen LogP contribution in [0.25, 0.3) is 0 Å². The number of hydroxylamine groups is 4. The Morgan fingerprint density at radius 2 is 0.935 bits per heavy atom. The molecule has 4 rings (SSSR count). The molecule has 0 aliphatic carbocycles. The molecule has 4 amide bonds. The van der Waals surface area contributed by atoms with Crippen LogP contribution in [-0.4, -0.2) is 144 Å². The largest absolute Gasteiger partial charge is 0.456 e. The van der Waals surface area contributed by atoms with Crippen LogP contribution >= 0.6 is 21.6 Å². The Labute approximate surface area is 362 Å². The van der Waals surface area contributed by atoms with Crippen molar-refractivity contribution in [1.82, 2.24) is 10.1 Å². The van der Waals surface area contributed by atoms with E-state index in [0.717, 1.165) is 33.7 Å². The van der Waals surface area contributed by atoms with Gasteiger partial charge in [-0.15, -0.1) is 10.1 Å². The molecule has 0 saturated carbocycles. The summed E-state index contributed by atoms with van der Waals surface area (Å²) in [5.74, 6) is -5.70. The van der Waals surface area contributed by atoms with Gasteiger partial charge in [-0.25, -0.2) is 19.2 Å². The van der Waals surface area contributed by atoms with E-state index in [0.29, 0.717) is 45.8 Å². The SMILES string of the molecule is C[N+](C)(CCCC(=O)ON1C(=O)CCC1=O)CCOC(=O)c1cc(SSc2ccc([N+](=O)[O-])c(C(=O)OCC[N+](C)(C)CCCC(=O)ON3C(=O)CCC3=O)c2)ccc1[N+](=O)[O-]. The van der Waals surface area contributed by atoms with E-state index in [9.17, 15) is 58.6 Å². The van der Waals surface area contributed by atoms with Gasteiger partial charge in [0.2, 0.25) is 0 Å². The molecule has 2 heterocycles. The zero-order valence-corrected chi connectivity index (χ0v) is 36.0. The van der Waals surface area contributed by atoms with E-state index in [-0.39, 0.29) is 84.9 Å². The average molecular weight is 907 g/mol. The van der Waals surface area contributed by atoms with Crippen LogP contribution in [-0.2, 0) is 47.9 Å². The summed E-state index contributed by atoms with van der Waals surface area (Å²) in [5, 5.41) is 24.6. The zero-order valence-electron chi connectivity index (χ0n) is 34.4. The highest BCUT2D eigenvalue weighted by Gasteiger charge is 2.34. The van der Waals surface area contributed by atoms with Gasteiger partial charge in [0, 0.05) is 60.4 Å². The lowest BCUT2D eigenvalue weighted by Gasteiger charge is -2.29. The number of ether oxygens (including phenoxy) is 2. The van der Waals surface area contributed by atoms with Crippen molar-refractivity contribution in [2.24, 2.45) is 0 Å². The van der Waals surface area contributed by atoms with Crippen LogP contribution < -0.4 is 0 Å². The molecule has 22 nitrogen and oxygen atoms in total. The molecular weight excluding hydrogens is 861 g/mol. The number of likely N-dealkylation sites (N-methyl/N-ethyl adjacent to an activating group) is 2. The molecule has 2 aromatic rings. The molecule has 0 radical (unpaired) electrons. The van der Waals surface area contributed by atoms with Gasteiger partial charge in [-0.2, -0.15) is 0 Å². The quantitative estimate of drug-likeness (QED) is 0.0385. The second-order valence-corrected chi connectivity index (χ2v) is 17.7. The first-order chi connectivity index (χ1) is 29.2. The first-order valence-corrected chi connectivity index (χ1v) is 21.3. The van der Waals surface area contributed by atoms with Gasteiger partial charge >= 0.3 is 23.9 Å². The number of quaternary nitrogens is 2. The lowest BCUT2D eigenvalue weighted by molar-refractivity contribution is -0.890. The number of nitrogens with zero attached hydrogens (tertiary/aromatic N) is 6. The molecule has 0 N–H and O–H groups in total. The molecule has 0 bridgehead atoms. The monoisotopic (exact) mass is 906 g/mol. The lowest BCUT2D eigenvalue weighted by atomic mass is 10.2. The van der Waals surface area contributed by atoms with Gasteiger partial charge in [-0.05, 0) is 24.3 Å². The van der Waals surface area contributed by atoms with E-state index >= 15 is 0 Å². The van der Waals surface area contributed by atoms with E-state index in [1.165, 1.54) is 24.3 Å². The normalized spacial score (nSPS) is 14.3. The number of carbonyl (C=O) groups is 8. The van der Waals surface area contributed by atoms with Gasteiger partial charge in [-0.3, -0.25) is 39.4 Å². The van der Waals surface area contributed by atoms with E-state index in [2.05, 4.69) is 0 Å². The van der Waals surface area contributed by atoms with Crippen molar-refractivity contribution in [3.05, 3.63) is 67.8 Å². The predicted octanol–water partition coefficient (Wildman–Crippen LogP) is 3.54. The van der Waals surface area contributed by atoms with Crippen LogP contribution in [0.2, 0.25) is 0 Å². The summed E-state index contributed by atoms with van der Waals surface area (Å²) in [4.78, 5) is 130. The van der Waals surface area contributed by atoms with Gasteiger partial charge in [0.1, 0.15) is 37.4 Å². The molecule has 0 atom stereocenters. The number of hydrogen-bond donors (Lipinski definition) is 0. The average Bonchev–Trinajstić information content (AvgIpc) is 3.69. The maximum absolute atomic E-state index is 13.1. The maximum atomic E-state index is 13.1. The lowest BCUT2D eigenvalue weighted by Crippen LogP contribution is -2.43. The first kappa shape index (κ1) is 48.7. The smallest absolute Gasteiger partial charge is 0.345 e. The number of esters is 2. The Balaban J connectivity index is 1.27. The summed E-state index contributed by atoms with van der Waals surface area (Å²) >= 11 is 0. The minimum Gasteiger partial charge on any atom is -0.456 e. The van der Waals surface area contributed by atoms with Crippen molar-refractivity contribution < 1.29 is 76.3 Å². The third kappa shape index (κ3) is 14.3. The van der Waals surface area contributed by atoms with Crippen LogP contribution in [0, 0.1) is 20.2 Å². The maximum Gasteiger partial charge on any atom is 0.345 e. The Morgan fingerprint density at radius 1 is 0.597 bits per heavy atom. The number of nitro benzene ring substituents is 2. The van der Waals surface area contributed by atoms with Crippen molar-refractivity contribution in [2.45, 2.75) is 61.2 Å². The number of amides is 4. The van der Waals surface area contributed by atoms with Crippen LogP contribution in [0.1, 0.15) is 72.1 Å². The molecular formula is C38H46N6O16S2+2. The molecule has 0 unspecified atom stereocenters. The Kier molecular flexibility index (Phi) is 17.0. The van der Waals surface area contributed by atoms with E-state index in [1.54, 1.807) is 0 Å². The molecule has 0 spiro atoms. The Morgan fingerprint density at radius 3 is 1.26 bits per heavy atom. The Bertz CT molecular complexity index is 1950. The Hall–Kier alpha value is -5.98. The van der Waals surface area contributed by atoms with Gasteiger partial charge in [-0.1, -0.05) is 21.6 Å². The molecule has 2 aromatic carbocycles. The minimum atomic E-state index is -0.953. The van der Waals surface area contributed by atoms with Crippen LogP contribution in [0.5, 0.6) is 0 Å². The molecule has 2 saturated heterocycles. The standard InChI is InChI=1S/C38H46N6O16S2/c1-43(2,17-5-7-35(49)59-39-31(45)13-14-32(39)46)19-21-57-37(51)27-23-25(9-11-29(27)41(53)54)61-62-26-10-12-30(42(55)56)28(24-26)38(52)58-22-20-44(3,4)18-6-8-36(50)60-40-33(47)15-16-34(40)48/h9-12,23-24H,5-8,13-22H2,1-4H3/q+2. The number of rotatable bonds is 23. The third-order valence-electron chi connectivity index (χ3n) is 9.55. The number of hydrogen-bond acceptors (Lipinski definition) is 18. The summed E-state index contributed by atoms with van der Waals surface area (Å²) in [7, 11) is 9.37. The molecule has 0 aromatic heterocycles. The third-order valence-corrected chi connectivity index (χ3v) is 11.9. The summed E-state index contributed by atoms with van der Waals surface area (Å²) in [6, 6.07) is 7.66. The highest BCUT2D eigenvalue weighted by Crippen LogP contribution is 2.40. The number of imide groups is 2. The number of carbonyl (C=O) groups excluding carboxylic acids is 8. The van der Waals surface area contributed by atoms with Gasteiger partial charge in [0.15, 0.2) is 0 Å². The van der Waals surface area contributed by atoms with Crippen molar-refractivity contribution >= 4 is 80.5 Å². The minimum absolute atomic E-state index is 0.0174. The van der Waals surface area contributed by atoms with Crippen molar-refractivity contribution in [3.8, 4) is 0 Å². The first-order valence-electron chi connectivity index (χ1n) is 19.2. The van der Waals surface area contributed by atoms with E-state index in [4.69, 9.17) is 19.1 Å². The second-order valence-electron chi connectivity index (χ2n) is 15.4. The molecule has 2 fully saturated rings. The van der Waals surface area contributed by atoms with E-state index in [1.807, 2.05) is 28.2 Å². The van der Waals surface area contributed by atoms with E-state index < -0.39 is 68.7 Å². The van der Waals surface area contributed by atoms with Crippen molar-refractivity contribution in [2.75, 3.05) is 67.6 Å². The van der Waals surface area contributed by atoms with Crippen molar-refractivity contribution in [3.63, 3.8) is 0 Å². The summed E-state index contributed by atoms with van der Waals surface area (Å²) in [5.41, 5.74) is -1.62. The molecule has 334 valence electrons. The summed E-state index contributed by atoms with van der Waals surface area (Å²) in [6.45, 7) is 1.15. The van der Waals surface area contributed by atoms with Gasteiger partial charge < -0.3 is 28.1 Å². The van der Waals surface area contributed by atoms with Gasteiger partial charge in [0.05, 0.1) is 64.0 Å². The van der Waals surface area contributed by atoms with Gasteiger partial charge in [0.25, 0.3) is 35.0 Å². The second kappa shape index (κ2) is 21.7. The molecule has 62 heavy (non-hydrogen) atoms. The number of benzene rings is 2. The summed E-state index contributed by atoms with van der Waals surface area (Å²) < 4.78 is 11.4. The van der Waals surface area contributed by atoms with Crippen LogP contribution in [0.3, 0.4) is 0 Å². The fraction of sp³-hybridized carbons (Fsp3) is 0.474. The zero-order chi connectivity index (χ0) is 45.8. The van der Waals surface area contributed by atoms with Crippen LogP contribution in [0.15, 0.2) is 46.2 Å². The fourth-order valence-corrected chi connectivity index (χ4v) is 7.91. The van der Waals surface area contributed by atoms with Crippen LogP contribution in [0.4, 0.5) is 11.4 Å². The predicted molar refractivity (Wildman–Crippen MR) is 215 cm³/mol. The highest BCUT2D eigenvalue weighted by atomic mass is 33.1. The molecule has 2 aliphatic heterocycles. The fourth-order valence-electron chi connectivity index (χ4n) is 5.94. The topological polar surface area (TPSA) is 266 Å². The van der Waals surface area contributed by atoms with Crippen molar-refractivity contribution in [1.29, 1.82) is 0 Å².